The molecule has 1 aromatic carbocycles. The average molecular weight is 270 g/mol. The molecule has 0 radical (unpaired) electrons. The van der Waals surface area contributed by atoms with Crippen LogP contribution in [0.5, 0.6) is 0 Å². The highest BCUT2D eigenvalue weighted by Crippen LogP contribution is 2.16. The Hall–Kier alpha value is -1.83. The summed E-state index contributed by atoms with van der Waals surface area (Å²) in [5.74, 6) is -0.190. The standard InChI is InChI=1S/C18H22O2/c1-15-11-7-5-3-2-4-6-8-12-16-13-9-10-14-17(16)18(19)20-15/h2-4,6,9-10,13-15H,5,7-8,11-12H2,1H3/b3-2-,6-4-/t15-/m1/s1. The van der Waals surface area contributed by atoms with Gasteiger partial charge in [-0.15, -0.1) is 0 Å². The molecule has 0 saturated carbocycles. The lowest BCUT2D eigenvalue weighted by Crippen LogP contribution is -2.16. The topological polar surface area (TPSA) is 26.3 Å². The first kappa shape index (κ1) is 14.6. The fourth-order valence-electron chi connectivity index (χ4n) is 2.35. The molecular weight excluding hydrogens is 248 g/mol. The van der Waals surface area contributed by atoms with Crippen LogP contribution in [0.1, 0.15) is 48.5 Å². The Kier molecular flexibility index (Phi) is 5.60. The Balaban J connectivity index is 2.18. The monoisotopic (exact) mass is 270 g/mol. The quantitative estimate of drug-likeness (QED) is 0.650. The average Bonchev–Trinajstić information content (AvgIpc) is 2.45. The van der Waals surface area contributed by atoms with Crippen LogP contribution in [0.2, 0.25) is 0 Å². The Labute approximate surface area is 121 Å². The molecule has 0 spiro atoms. The number of carbonyl (C=O) groups excluding carboxylic acids is 1. The van der Waals surface area contributed by atoms with Gasteiger partial charge in [0.2, 0.25) is 0 Å². The number of fused-ring (bicyclic) bond motifs is 1. The van der Waals surface area contributed by atoms with E-state index >= 15 is 0 Å². The summed E-state index contributed by atoms with van der Waals surface area (Å²) in [7, 11) is 0. The predicted molar refractivity (Wildman–Crippen MR) is 81.8 cm³/mol. The van der Waals surface area contributed by atoms with E-state index in [9.17, 15) is 4.79 Å². The number of rotatable bonds is 0. The van der Waals surface area contributed by atoms with Crippen LogP contribution in [0.4, 0.5) is 0 Å². The van der Waals surface area contributed by atoms with Gasteiger partial charge in [0.05, 0.1) is 11.7 Å². The van der Waals surface area contributed by atoms with E-state index in [-0.39, 0.29) is 12.1 Å². The Bertz CT molecular complexity index is 500. The van der Waals surface area contributed by atoms with E-state index < -0.39 is 0 Å². The van der Waals surface area contributed by atoms with Gasteiger partial charge in [0.25, 0.3) is 0 Å². The number of cyclic esters (lactones) is 1. The molecule has 2 nitrogen and oxygen atoms in total. The van der Waals surface area contributed by atoms with Crippen LogP contribution in [0, 0.1) is 0 Å². The fourth-order valence-corrected chi connectivity index (χ4v) is 2.35. The third kappa shape index (κ3) is 4.37. The second-order valence-electron chi connectivity index (χ2n) is 5.20. The highest BCUT2D eigenvalue weighted by atomic mass is 16.5. The molecule has 0 unspecified atom stereocenters. The number of allylic oxidation sites excluding steroid dienone is 4. The third-order valence-corrected chi connectivity index (χ3v) is 3.49. The number of hydrogen-bond acceptors (Lipinski definition) is 2. The van der Waals surface area contributed by atoms with E-state index in [2.05, 4.69) is 24.3 Å². The van der Waals surface area contributed by atoms with Crippen LogP contribution >= 0.6 is 0 Å². The molecular formula is C18H22O2. The van der Waals surface area contributed by atoms with Crippen molar-refractivity contribution in [3.05, 3.63) is 59.7 Å². The molecule has 0 fully saturated rings. The first-order chi connectivity index (χ1) is 9.77. The molecule has 0 aromatic heterocycles. The minimum absolute atomic E-state index is 0.0255. The molecule has 0 aliphatic carbocycles. The number of esters is 1. The molecule has 2 rings (SSSR count). The smallest absolute Gasteiger partial charge is 0.338 e. The fraction of sp³-hybridized carbons (Fsp3) is 0.389. The largest absolute Gasteiger partial charge is 0.459 e. The zero-order valence-corrected chi connectivity index (χ0v) is 12.0. The van der Waals surface area contributed by atoms with Crippen molar-refractivity contribution in [3.8, 4) is 0 Å². The zero-order chi connectivity index (χ0) is 14.2. The molecule has 0 N–H and O–H groups in total. The second-order valence-corrected chi connectivity index (χ2v) is 5.20. The summed E-state index contributed by atoms with van der Waals surface area (Å²) < 4.78 is 5.54. The van der Waals surface area contributed by atoms with Crippen molar-refractivity contribution in [1.82, 2.24) is 0 Å². The number of hydrogen-bond donors (Lipinski definition) is 0. The van der Waals surface area contributed by atoms with Crippen molar-refractivity contribution in [2.45, 2.75) is 45.1 Å². The van der Waals surface area contributed by atoms with Crippen molar-refractivity contribution in [3.63, 3.8) is 0 Å². The molecule has 1 atom stereocenters. The summed E-state index contributed by atoms with van der Waals surface area (Å²) in [4.78, 5) is 12.2. The molecule has 1 heterocycles. The number of aryl methyl sites for hydroxylation is 1. The van der Waals surface area contributed by atoms with E-state index in [0.717, 1.165) is 37.7 Å². The van der Waals surface area contributed by atoms with Crippen LogP contribution in [0.3, 0.4) is 0 Å². The van der Waals surface area contributed by atoms with Gasteiger partial charge in [-0.1, -0.05) is 42.5 Å². The number of benzene rings is 1. The molecule has 2 heteroatoms. The molecule has 1 aromatic rings. The second kappa shape index (κ2) is 7.68. The summed E-state index contributed by atoms with van der Waals surface area (Å²) in [5.41, 5.74) is 1.77. The molecule has 0 bridgehead atoms. The van der Waals surface area contributed by atoms with Crippen LogP contribution in [-0.4, -0.2) is 12.1 Å². The Morgan fingerprint density at radius 1 is 1.10 bits per heavy atom. The van der Waals surface area contributed by atoms with Gasteiger partial charge in [0.15, 0.2) is 0 Å². The summed E-state index contributed by atoms with van der Waals surface area (Å²) in [6.07, 6.45) is 13.3. The van der Waals surface area contributed by atoms with Gasteiger partial charge in [0, 0.05) is 0 Å². The highest BCUT2D eigenvalue weighted by molar-refractivity contribution is 5.91. The summed E-state index contributed by atoms with van der Waals surface area (Å²) in [6, 6.07) is 7.74. The maximum absolute atomic E-state index is 12.2. The van der Waals surface area contributed by atoms with E-state index in [1.54, 1.807) is 0 Å². The number of carbonyl (C=O) groups is 1. The van der Waals surface area contributed by atoms with Gasteiger partial charge >= 0.3 is 5.97 Å². The van der Waals surface area contributed by atoms with Gasteiger partial charge in [-0.3, -0.25) is 0 Å². The van der Waals surface area contributed by atoms with Crippen molar-refractivity contribution in [2.24, 2.45) is 0 Å². The summed E-state index contributed by atoms with van der Waals surface area (Å²) in [5, 5.41) is 0. The van der Waals surface area contributed by atoms with E-state index in [1.807, 2.05) is 31.2 Å². The van der Waals surface area contributed by atoms with Crippen LogP contribution in [0.15, 0.2) is 48.6 Å². The maximum atomic E-state index is 12.2. The molecule has 0 amide bonds. The molecule has 106 valence electrons. The summed E-state index contributed by atoms with van der Waals surface area (Å²) in [6.45, 7) is 1.97. The molecule has 1 aliphatic heterocycles. The van der Waals surface area contributed by atoms with Crippen molar-refractivity contribution in [1.29, 1.82) is 0 Å². The predicted octanol–water partition coefficient (Wildman–Crippen LogP) is 4.46. The lowest BCUT2D eigenvalue weighted by molar-refractivity contribution is 0.0320. The Morgan fingerprint density at radius 3 is 2.70 bits per heavy atom. The first-order valence-electron chi connectivity index (χ1n) is 7.38. The highest BCUT2D eigenvalue weighted by Gasteiger charge is 2.15. The Morgan fingerprint density at radius 2 is 1.85 bits per heavy atom. The minimum Gasteiger partial charge on any atom is -0.459 e. The van der Waals surface area contributed by atoms with Gasteiger partial charge in [-0.25, -0.2) is 4.79 Å². The van der Waals surface area contributed by atoms with E-state index in [0.29, 0.717) is 5.56 Å². The van der Waals surface area contributed by atoms with Crippen molar-refractivity contribution in [2.75, 3.05) is 0 Å². The lowest BCUT2D eigenvalue weighted by atomic mass is 10.0. The SMILES string of the molecule is C[C@@H]1CCC/C=C\C=C/CCc2ccccc2C(=O)O1. The number of ether oxygens (including phenoxy) is 1. The lowest BCUT2D eigenvalue weighted by Gasteiger charge is -2.14. The third-order valence-electron chi connectivity index (χ3n) is 3.49. The molecule has 0 saturated heterocycles. The van der Waals surface area contributed by atoms with Gasteiger partial charge < -0.3 is 4.74 Å². The maximum Gasteiger partial charge on any atom is 0.338 e. The first-order valence-corrected chi connectivity index (χ1v) is 7.38. The molecule has 1 aliphatic rings. The van der Waals surface area contributed by atoms with Crippen LogP contribution < -0.4 is 0 Å². The zero-order valence-electron chi connectivity index (χ0n) is 12.0. The minimum atomic E-state index is -0.190. The van der Waals surface area contributed by atoms with Gasteiger partial charge in [-0.05, 0) is 50.7 Å². The van der Waals surface area contributed by atoms with Crippen LogP contribution in [-0.2, 0) is 11.2 Å². The van der Waals surface area contributed by atoms with Crippen LogP contribution in [0.25, 0.3) is 0 Å². The van der Waals surface area contributed by atoms with Crippen molar-refractivity contribution < 1.29 is 9.53 Å². The van der Waals surface area contributed by atoms with Gasteiger partial charge in [-0.2, -0.15) is 0 Å². The van der Waals surface area contributed by atoms with Gasteiger partial charge in [0.1, 0.15) is 0 Å². The van der Waals surface area contributed by atoms with E-state index in [1.165, 1.54) is 0 Å². The van der Waals surface area contributed by atoms with E-state index in [4.69, 9.17) is 4.74 Å². The summed E-state index contributed by atoms with van der Waals surface area (Å²) >= 11 is 0. The normalized spacial score (nSPS) is 24.1. The molecule has 20 heavy (non-hydrogen) atoms. The van der Waals surface area contributed by atoms with Crippen molar-refractivity contribution >= 4 is 5.97 Å².